The fraction of sp³-hybridized carbons (Fsp3) is 0.897. The fourth-order valence-electron chi connectivity index (χ4n) is 6.30. The summed E-state index contributed by atoms with van der Waals surface area (Å²) in [6.07, 6.45) is 15.1. The van der Waals surface area contributed by atoms with Gasteiger partial charge in [-0.15, -0.1) is 0 Å². The quantitative estimate of drug-likeness (QED) is 0.186. The number of likely N-dealkylation sites (tertiary alicyclic amines) is 1. The Bertz CT molecular complexity index is 685. The van der Waals surface area contributed by atoms with E-state index in [4.69, 9.17) is 4.74 Å². The van der Waals surface area contributed by atoms with Crippen LogP contribution in [0.4, 0.5) is 0 Å². The lowest BCUT2D eigenvalue weighted by Crippen LogP contribution is -2.57. The summed E-state index contributed by atoms with van der Waals surface area (Å²) in [5, 5.41) is 9.90. The summed E-state index contributed by atoms with van der Waals surface area (Å²) < 4.78 is 5.49. The van der Waals surface area contributed by atoms with E-state index in [2.05, 4.69) is 13.8 Å². The predicted octanol–water partition coefficient (Wildman–Crippen LogP) is 5.79. The highest BCUT2D eigenvalue weighted by Gasteiger charge is 2.50. The lowest BCUT2D eigenvalue weighted by molar-refractivity contribution is -0.157. The normalized spacial score (nSPS) is 23.0. The molecule has 7 heteroatoms. The Hall–Kier alpha value is -1.63. The van der Waals surface area contributed by atoms with Crippen LogP contribution in [0, 0.1) is 5.92 Å². The zero-order valence-electron chi connectivity index (χ0n) is 23.4. The number of hydrogen-bond donors (Lipinski definition) is 1. The zero-order valence-corrected chi connectivity index (χ0v) is 23.4. The van der Waals surface area contributed by atoms with E-state index >= 15 is 0 Å². The van der Waals surface area contributed by atoms with Crippen LogP contribution in [-0.4, -0.2) is 70.1 Å². The molecule has 1 N–H and O–H groups in total. The summed E-state index contributed by atoms with van der Waals surface area (Å²) in [5.74, 6) is -1.02. The van der Waals surface area contributed by atoms with Gasteiger partial charge >= 0.3 is 11.9 Å². The van der Waals surface area contributed by atoms with Crippen LogP contribution in [0.15, 0.2) is 0 Å². The highest BCUT2D eigenvalue weighted by molar-refractivity contribution is 5.88. The second-order valence-corrected chi connectivity index (χ2v) is 10.9. The summed E-state index contributed by atoms with van der Waals surface area (Å²) in [6.45, 7) is 9.03. The summed E-state index contributed by atoms with van der Waals surface area (Å²) >= 11 is 0. The monoisotopic (exact) mass is 508 g/mol. The Balaban J connectivity index is 2.22. The number of carboxylic acids is 1. The van der Waals surface area contributed by atoms with Crippen molar-refractivity contribution in [3.05, 3.63) is 0 Å². The average Bonchev–Trinajstić information content (AvgIpc) is 3.45. The number of esters is 1. The number of carbonyl (C=O) groups excluding carboxylic acids is 2. The predicted molar refractivity (Wildman–Crippen MR) is 143 cm³/mol. The van der Waals surface area contributed by atoms with Crippen LogP contribution in [0.1, 0.15) is 124 Å². The second kappa shape index (κ2) is 16.3. The third kappa shape index (κ3) is 8.46. The molecule has 1 amide bonds. The number of rotatable bonds is 18. The smallest absolute Gasteiger partial charge is 0.326 e. The van der Waals surface area contributed by atoms with Crippen LogP contribution in [0.3, 0.4) is 0 Å². The first-order valence-corrected chi connectivity index (χ1v) is 14.8. The highest BCUT2D eigenvalue weighted by Crippen LogP contribution is 2.42. The Kier molecular flexibility index (Phi) is 13.8. The maximum Gasteiger partial charge on any atom is 0.326 e. The maximum absolute atomic E-state index is 13.9. The van der Waals surface area contributed by atoms with E-state index < -0.39 is 24.1 Å². The molecule has 0 bridgehead atoms. The first kappa shape index (κ1) is 30.6. The van der Waals surface area contributed by atoms with Crippen LogP contribution in [0.5, 0.6) is 0 Å². The van der Waals surface area contributed by atoms with E-state index in [0.29, 0.717) is 26.0 Å². The van der Waals surface area contributed by atoms with Crippen LogP contribution in [-0.2, 0) is 19.1 Å². The van der Waals surface area contributed by atoms with Crippen molar-refractivity contribution in [3.8, 4) is 0 Å². The largest absolute Gasteiger partial charge is 0.480 e. The molecule has 36 heavy (non-hydrogen) atoms. The van der Waals surface area contributed by atoms with Crippen molar-refractivity contribution in [2.45, 2.75) is 148 Å². The molecule has 1 heterocycles. The first-order valence-electron chi connectivity index (χ1n) is 14.8. The van der Waals surface area contributed by atoms with Gasteiger partial charge in [-0.1, -0.05) is 78.1 Å². The third-order valence-electron chi connectivity index (χ3n) is 8.29. The molecule has 0 radical (unpaired) electrons. The lowest BCUT2D eigenvalue weighted by Gasteiger charge is -2.38. The fourth-order valence-corrected chi connectivity index (χ4v) is 6.30. The van der Waals surface area contributed by atoms with Crippen LogP contribution < -0.4 is 0 Å². The van der Waals surface area contributed by atoms with E-state index in [1.54, 1.807) is 4.90 Å². The second-order valence-electron chi connectivity index (χ2n) is 10.9. The number of carboxylic acid groups (broad SMARTS) is 1. The van der Waals surface area contributed by atoms with Gasteiger partial charge in [-0.2, -0.15) is 0 Å². The minimum atomic E-state index is -0.908. The van der Waals surface area contributed by atoms with E-state index in [0.717, 1.165) is 64.2 Å². The first-order chi connectivity index (χ1) is 17.4. The minimum Gasteiger partial charge on any atom is -0.480 e. The average molecular weight is 509 g/mol. The molecule has 1 aliphatic carbocycles. The van der Waals surface area contributed by atoms with Crippen molar-refractivity contribution >= 4 is 17.8 Å². The molecule has 2 aliphatic rings. The van der Waals surface area contributed by atoms with Crippen molar-refractivity contribution in [1.29, 1.82) is 0 Å². The number of unbranched alkanes of at least 4 members (excludes halogenated alkanes) is 8. The molecule has 0 aromatic heterocycles. The summed E-state index contributed by atoms with van der Waals surface area (Å²) in [5.41, 5.74) is 0. The van der Waals surface area contributed by atoms with Gasteiger partial charge in [0, 0.05) is 6.04 Å². The molecule has 2 fully saturated rings. The van der Waals surface area contributed by atoms with Gasteiger partial charge in [0.25, 0.3) is 0 Å². The van der Waals surface area contributed by atoms with Crippen molar-refractivity contribution in [2.24, 2.45) is 5.92 Å². The molecule has 1 aliphatic heterocycles. The van der Waals surface area contributed by atoms with E-state index in [1.807, 2.05) is 18.7 Å². The maximum atomic E-state index is 13.9. The van der Waals surface area contributed by atoms with E-state index in [9.17, 15) is 19.5 Å². The molecular weight excluding hydrogens is 456 g/mol. The molecule has 0 aromatic rings. The van der Waals surface area contributed by atoms with Gasteiger partial charge in [-0.3, -0.25) is 14.5 Å². The number of hydrogen-bond acceptors (Lipinski definition) is 5. The van der Waals surface area contributed by atoms with E-state index in [-0.39, 0.29) is 23.8 Å². The molecule has 0 unspecified atom stereocenters. The summed E-state index contributed by atoms with van der Waals surface area (Å²) in [7, 11) is 0. The SMILES string of the molecule is CCCCCCCCN([C@@H](C)C(=O)N1[C@H](C(=O)O)C[C@@H]2CCC[C@@H]21)[C@@H](CCCCCC)C(=O)OCC. The van der Waals surface area contributed by atoms with Gasteiger partial charge in [-0.05, 0) is 58.4 Å². The van der Waals surface area contributed by atoms with Gasteiger partial charge in [-0.25, -0.2) is 4.79 Å². The molecule has 1 saturated heterocycles. The third-order valence-corrected chi connectivity index (χ3v) is 8.29. The Labute approximate surface area is 219 Å². The number of carbonyl (C=O) groups is 3. The van der Waals surface area contributed by atoms with Gasteiger partial charge in [0.1, 0.15) is 12.1 Å². The Morgan fingerprint density at radius 3 is 2.22 bits per heavy atom. The van der Waals surface area contributed by atoms with Crippen molar-refractivity contribution in [1.82, 2.24) is 9.80 Å². The van der Waals surface area contributed by atoms with Crippen molar-refractivity contribution < 1.29 is 24.2 Å². The van der Waals surface area contributed by atoms with Gasteiger partial charge in [0.05, 0.1) is 12.6 Å². The molecular formula is C29H52N2O5. The molecule has 5 atom stereocenters. The highest BCUT2D eigenvalue weighted by atomic mass is 16.5. The molecule has 2 rings (SSSR count). The van der Waals surface area contributed by atoms with Gasteiger partial charge in [0.2, 0.25) is 5.91 Å². The van der Waals surface area contributed by atoms with E-state index in [1.165, 1.54) is 19.3 Å². The molecule has 7 nitrogen and oxygen atoms in total. The topological polar surface area (TPSA) is 87.2 Å². The summed E-state index contributed by atoms with van der Waals surface area (Å²) in [6, 6.07) is -1.76. The number of amides is 1. The summed E-state index contributed by atoms with van der Waals surface area (Å²) in [4.78, 5) is 42.9. The van der Waals surface area contributed by atoms with Crippen molar-refractivity contribution in [2.75, 3.05) is 13.2 Å². The zero-order chi connectivity index (χ0) is 26.5. The molecule has 0 aromatic carbocycles. The van der Waals surface area contributed by atoms with Crippen molar-refractivity contribution in [3.63, 3.8) is 0 Å². The van der Waals surface area contributed by atoms with Gasteiger partial charge in [0.15, 0.2) is 0 Å². The minimum absolute atomic E-state index is 0.0162. The van der Waals surface area contributed by atoms with Crippen LogP contribution in [0.2, 0.25) is 0 Å². The van der Waals surface area contributed by atoms with Crippen LogP contribution >= 0.6 is 0 Å². The molecule has 0 spiro atoms. The Morgan fingerprint density at radius 1 is 0.944 bits per heavy atom. The number of aliphatic carboxylic acids is 1. The molecule has 1 saturated carbocycles. The van der Waals surface area contributed by atoms with Crippen LogP contribution in [0.25, 0.3) is 0 Å². The lowest BCUT2D eigenvalue weighted by atomic mass is 10.0. The number of ether oxygens (including phenoxy) is 1. The van der Waals surface area contributed by atoms with Gasteiger partial charge < -0.3 is 14.7 Å². The Morgan fingerprint density at radius 2 is 1.58 bits per heavy atom. The number of nitrogens with zero attached hydrogens (tertiary/aromatic N) is 2. The standard InChI is InChI=1S/C29H52N2O5/c1-5-8-10-12-13-15-20-30(25(29(35)36-7-3)18-14-11-9-6-2)22(4)27(32)31-24-19-16-17-23(24)21-26(31)28(33)34/h22-26H,5-21H2,1-4H3,(H,33,34)/t22-,23-,24-,25-,26-/m0/s1. The number of fused-ring (bicyclic) bond motifs is 1. The molecule has 208 valence electrons.